The van der Waals surface area contributed by atoms with Gasteiger partial charge in [0.25, 0.3) is 0 Å². The second kappa shape index (κ2) is 4.59. The highest BCUT2D eigenvalue weighted by atomic mass is 16.5. The number of carbonyl (C=O) groups is 2. The van der Waals surface area contributed by atoms with Crippen LogP contribution in [0.2, 0.25) is 0 Å². The number of rotatable bonds is 2. The third-order valence-corrected chi connectivity index (χ3v) is 3.14. The van der Waals surface area contributed by atoms with Crippen molar-refractivity contribution in [3.63, 3.8) is 0 Å². The van der Waals surface area contributed by atoms with Crippen molar-refractivity contribution < 1.29 is 24.5 Å². The minimum atomic E-state index is -0.786. The Morgan fingerprint density at radius 2 is 2.24 bits per heavy atom. The molecule has 2 saturated heterocycles. The molecule has 0 radical (unpaired) electrons. The first kappa shape index (κ1) is 12.3. The first-order valence-electron chi connectivity index (χ1n) is 5.58. The van der Waals surface area contributed by atoms with Crippen molar-refractivity contribution in [2.24, 2.45) is 5.92 Å². The Labute approximate surface area is 98.3 Å². The van der Waals surface area contributed by atoms with Gasteiger partial charge in [-0.25, -0.2) is 4.79 Å². The molecule has 0 aromatic heterocycles. The average Bonchev–Trinajstić information content (AvgIpc) is 2.65. The molecule has 2 aliphatic heterocycles. The molecule has 2 rings (SSSR count). The maximum absolute atomic E-state index is 11.6. The number of nitrogens with one attached hydrogen (secondary N) is 1. The number of ether oxygens (including phenoxy) is 1. The first-order valence-corrected chi connectivity index (χ1v) is 5.58. The van der Waals surface area contributed by atoms with E-state index in [0.717, 1.165) is 0 Å². The predicted molar refractivity (Wildman–Crippen MR) is 55.8 cm³/mol. The molecule has 7 nitrogen and oxygen atoms in total. The molecule has 2 heterocycles. The third kappa shape index (κ3) is 2.26. The molecule has 96 valence electrons. The number of urea groups is 1. The normalized spacial score (nSPS) is 38.4. The zero-order valence-corrected chi connectivity index (χ0v) is 9.50. The number of hydrogen-bond acceptors (Lipinski definition) is 5. The van der Waals surface area contributed by atoms with E-state index in [9.17, 15) is 14.7 Å². The zero-order valence-electron chi connectivity index (χ0n) is 9.50. The van der Waals surface area contributed by atoms with E-state index < -0.39 is 24.5 Å². The maximum atomic E-state index is 11.6. The van der Waals surface area contributed by atoms with E-state index in [1.807, 2.05) is 0 Å². The Balaban J connectivity index is 2.03. The van der Waals surface area contributed by atoms with Crippen molar-refractivity contribution in [3.05, 3.63) is 0 Å². The summed E-state index contributed by atoms with van der Waals surface area (Å²) in [6.45, 7) is 1.69. The van der Waals surface area contributed by atoms with Gasteiger partial charge in [0.1, 0.15) is 12.3 Å². The molecule has 0 aromatic rings. The van der Waals surface area contributed by atoms with Gasteiger partial charge >= 0.3 is 6.03 Å². The lowest BCUT2D eigenvalue weighted by Crippen LogP contribution is -2.57. The van der Waals surface area contributed by atoms with Gasteiger partial charge in [-0.3, -0.25) is 15.0 Å². The van der Waals surface area contributed by atoms with Crippen LogP contribution in [-0.4, -0.2) is 58.6 Å². The van der Waals surface area contributed by atoms with E-state index in [1.54, 1.807) is 6.92 Å². The second-order valence-corrected chi connectivity index (χ2v) is 4.46. The molecule has 0 aromatic carbocycles. The highest BCUT2D eigenvalue weighted by Crippen LogP contribution is 2.25. The minimum absolute atomic E-state index is 0.250. The lowest BCUT2D eigenvalue weighted by atomic mass is 10.1. The van der Waals surface area contributed by atoms with Crippen LogP contribution in [-0.2, 0) is 9.53 Å². The molecule has 0 saturated carbocycles. The Morgan fingerprint density at radius 3 is 2.82 bits per heavy atom. The molecule has 17 heavy (non-hydrogen) atoms. The zero-order chi connectivity index (χ0) is 12.6. The number of carbonyl (C=O) groups excluding carboxylic acids is 2. The molecule has 0 bridgehead atoms. The summed E-state index contributed by atoms with van der Waals surface area (Å²) in [5, 5.41) is 20.8. The van der Waals surface area contributed by atoms with Gasteiger partial charge in [-0.1, -0.05) is 6.92 Å². The van der Waals surface area contributed by atoms with Gasteiger partial charge in [0.2, 0.25) is 5.91 Å². The summed E-state index contributed by atoms with van der Waals surface area (Å²) in [6.07, 6.45) is -1.79. The van der Waals surface area contributed by atoms with Crippen LogP contribution in [0.25, 0.3) is 0 Å². The summed E-state index contributed by atoms with van der Waals surface area (Å²) in [5.41, 5.74) is 0. The van der Waals surface area contributed by atoms with E-state index in [1.165, 1.54) is 4.90 Å². The van der Waals surface area contributed by atoms with Crippen LogP contribution in [0.4, 0.5) is 4.79 Å². The van der Waals surface area contributed by atoms with Crippen LogP contribution in [0.5, 0.6) is 0 Å². The monoisotopic (exact) mass is 244 g/mol. The van der Waals surface area contributed by atoms with Crippen LogP contribution in [0.1, 0.15) is 13.3 Å². The highest BCUT2D eigenvalue weighted by Gasteiger charge is 2.41. The van der Waals surface area contributed by atoms with Gasteiger partial charge in [0.05, 0.1) is 18.6 Å². The topological polar surface area (TPSA) is 99.1 Å². The Bertz CT molecular complexity index is 335. The second-order valence-electron chi connectivity index (χ2n) is 4.46. The van der Waals surface area contributed by atoms with Crippen molar-refractivity contribution >= 4 is 11.9 Å². The Morgan fingerprint density at radius 1 is 1.53 bits per heavy atom. The smallest absolute Gasteiger partial charge is 0.326 e. The molecule has 2 aliphatic rings. The summed E-state index contributed by atoms with van der Waals surface area (Å²) in [4.78, 5) is 24.2. The van der Waals surface area contributed by atoms with Crippen molar-refractivity contribution in [3.8, 4) is 0 Å². The minimum Gasteiger partial charge on any atom is -0.394 e. The average molecular weight is 244 g/mol. The van der Waals surface area contributed by atoms with Gasteiger partial charge in [0, 0.05) is 13.0 Å². The predicted octanol–water partition coefficient (Wildman–Crippen LogP) is -1.36. The quantitative estimate of drug-likeness (QED) is 0.557. The fourth-order valence-electron chi connectivity index (χ4n) is 2.08. The van der Waals surface area contributed by atoms with Gasteiger partial charge in [-0.2, -0.15) is 0 Å². The van der Waals surface area contributed by atoms with E-state index in [4.69, 9.17) is 9.84 Å². The maximum Gasteiger partial charge on any atom is 0.326 e. The van der Waals surface area contributed by atoms with Crippen LogP contribution < -0.4 is 5.32 Å². The Hall–Kier alpha value is -1.18. The van der Waals surface area contributed by atoms with Crippen LogP contribution in [0.3, 0.4) is 0 Å². The van der Waals surface area contributed by atoms with Gasteiger partial charge in [-0.05, 0) is 0 Å². The van der Waals surface area contributed by atoms with Gasteiger partial charge < -0.3 is 14.9 Å². The number of imide groups is 1. The third-order valence-electron chi connectivity index (χ3n) is 3.14. The number of hydrogen-bond donors (Lipinski definition) is 3. The van der Waals surface area contributed by atoms with Crippen molar-refractivity contribution in [2.75, 3.05) is 13.2 Å². The van der Waals surface area contributed by atoms with E-state index >= 15 is 0 Å². The highest BCUT2D eigenvalue weighted by molar-refractivity contribution is 5.97. The van der Waals surface area contributed by atoms with Gasteiger partial charge in [-0.15, -0.1) is 0 Å². The number of nitrogens with zero attached hydrogens (tertiary/aromatic N) is 1. The fraction of sp³-hybridized carbons (Fsp3) is 0.800. The molecule has 0 spiro atoms. The number of aliphatic hydroxyl groups excluding tert-OH is 2. The number of amides is 3. The molecule has 2 unspecified atom stereocenters. The summed E-state index contributed by atoms with van der Waals surface area (Å²) < 4.78 is 5.37. The molecule has 3 N–H and O–H groups in total. The largest absolute Gasteiger partial charge is 0.394 e. The van der Waals surface area contributed by atoms with Crippen molar-refractivity contribution in [2.45, 2.75) is 31.8 Å². The van der Waals surface area contributed by atoms with Crippen molar-refractivity contribution in [1.29, 1.82) is 0 Å². The fourth-order valence-corrected chi connectivity index (χ4v) is 2.08. The van der Waals surface area contributed by atoms with Crippen LogP contribution in [0.15, 0.2) is 0 Å². The summed E-state index contributed by atoms with van der Waals surface area (Å²) in [5.74, 6) is -0.606. The summed E-state index contributed by atoms with van der Waals surface area (Å²) in [6, 6.07) is -0.510. The molecule has 0 aliphatic carbocycles. The Kier molecular flexibility index (Phi) is 3.32. The van der Waals surface area contributed by atoms with E-state index in [2.05, 4.69) is 5.32 Å². The standard InChI is InChI=1S/C10H16N2O5/c1-5-3-12(10(16)11-9(5)15)8-2-6(14)7(4-13)17-8/h5-8,13-14H,2-4H2,1H3,(H,11,15,16)/t5?,6-,7+,8?/m1/s1. The van der Waals surface area contributed by atoms with Gasteiger partial charge in [0.15, 0.2) is 0 Å². The van der Waals surface area contributed by atoms with E-state index in [0.29, 0.717) is 0 Å². The van der Waals surface area contributed by atoms with E-state index in [-0.39, 0.29) is 31.4 Å². The molecule has 4 atom stereocenters. The summed E-state index contributed by atoms with van der Waals surface area (Å²) >= 11 is 0. The SMILES string of the molecule is CC1CN(C2C[C@@H](O)[C@H](CO)O2)C(=O)NC1=O. The molecular weight excluding hydrogens is 228 g/mol. The number of aliphatic hydroxyl groups is 2. The van der Waals surface area contributed by atoms with Crippen LogP contribution >= 0.6 is 0 Å². The van der Waals surface area contributed by atoms with Crippen molar-refractivity contribution in [1.82, 2.24) is 10.2 Å². The molecule has 7 heteroatoms. The lowest BCUT2D eigenvalue weighted by molar-refractivity contribution is -0.128. The lowest BCUT2D eigenvalue weighted by Gasteiger charge is -2.34. The molecule has 3 amide bonds. The van der Waals surface area contributed by atoms with Crippen LogP contribution in [0, 0.1) is 5.92 Å². The summed E-state index contributed by atoms with van der Waals surface area (Å²) in [7, 11) is 0. The molecular formula is C10H16N2O5. The first-order chi connectivity index (χ1) is 8.02. The molecule has 2 fully saturated rings.